The third kappa shape index (κ3) is 4.56. The minimum Gasteiger partial charge on any atom is -0.493 e. The summed E-state index contributed by atoms with van der Waals surface area (Å²) in [7, 11) is 0. The highest BCUT2D eigenvalue weighted by atomic mass is 16.5. The molecule has 158 valence electrons. The molecule has 1 N–H and O–H groups in total. The van der Waals surface area contributed by atoms with E-state index < -0.39 is 0 Å². The summed E-state index contributed by atoms with van der Waals surface area (Å²) in [6.07, 6.45) is 0.712. The summed E-state index contributed by atoms with van der Waals surface area (Å²) in [6.45, 7) is 11.2. The van der Waals surface area contributed by atoms with E-state index in [9.17, 15) is 9.59 Å². The van der Waals surface area contributed by atoms with Crippen molar-refractivity contribution in [3.63, 3.8) is 0 Å². The van der Waals surface area contributed by atoms with Crippen molar-refractivity contribution in [3.8, 4) is 5.75 Å². The number of carbonyl (C=O) groups is 2. The standard InChI is InChI=1S/C25H30N2O3/c1-6-13-27-24(28)22(19-8-11-21(12-9-19)30-15-16(2)3)23(25(27)29)26-20-10-7-17(4)18(5)14-20/h7-12,14,16,26H,6,13,15H2,1-5H3. The number of imide groups is 1. The molecular weight excluding hydrogens is 376 g/mol. The maximum atomic E-state index is 13.1. The van der Waals surface area contributed by atoms with Gasteiger partial charge in [-0.1, -0.05) is 39.0 Å². The average Bonchev–Trinajstić information content (AvgIpc) is 2.94. The van der Waals surface area contributed by atoms with Crippen molar-refractivity contribution in [2.45, 2.75) is 41.0 Å². The maximum Gasteiger partial charge on any atom is 0.278 e. The zero-order valence-electron chi connectivity index (χ0n) is 18.4. The number of anilines is 1. The van der Waals surface area contributed by atoms with Crippen molar-refractivity contribution >= 4 is 23.1 Å². The molecule has 5 nitrogen and oxygen atoms in total. The number of hydrogen-bond acceptors (Lipinski definition) is 4. The molecule has 0 spiro atoms. The zero-order valence-corrected chi connectivity index (χ0v) is 18.4. The maximum absolute atomic E-state index is 13.1. The molecule has 1 aliphatic rings. The summed E-state index contributed by atoms with van der Waals surface area (Å²) in [5.41, 5.74) is 4.52. The molecule has 0 aliphatic carbocycles. The van der Waals surface area contributed by atoms with E-state index in [4.69, 9.17) is 4.74 Å². The van der Waals surface area contributed by atoms with Gasteiger partial charge in [0.25, 0.3) is 11.8 Å². The summed E-state index contributed by atoms with van der Waals surface area (Å²) in [6, 6.07) is 13.3. The van der Waals surface area contributed by atoms with Crippen LogP contribution in [0.4, 0.5) is 5.69 Å². The second kappa shape index (κ2) is 9.16. The van der Waals surface area contributed by atoms with Gasteiger partial charge in [0.15, 0.2) is 0 Å². The monoisotopic (exact) mass is 406 g/mol. The van der Waals surface area contributed by atoms with E-state index in [1.54, 1.807) is 0 Å². The molecule has 0 atom stereocenters. The summed E-state index contributed by atoms with van der Waals surface area (Å²) < 4.78 is 5.75. The second-order valence-electron chi connectivity index (χ2n) is 8.17. The molecule has 0 aromatic heterocycles. The number of aryl methyl sites for hydroxylation is 2. The van der Waals surface area contributed by atoms with Gasteiger partial charge in [-0.3, -0.25) is 14.5 Å². The lowest BCUT2D eigenvalue weighted by Gasteiger charge is -2.14. The fourth-order valence-corrected chi connectivity index (χ4v) is 3.33. The van der Waals surface area contributed by atoms with Gasteiger partial charge in [-0.15, -0.1) is 0 Å². The van der Waals surface area contributed by atoms with Crippen LogP contribution in [-0.4, -0.2) is 29.9 Å². The summed E-state index contributed by atoms with van der Waals surface area (Å²) in [4.78, 5) is 27.5. The first-order valence-corrected chi connectivity index (χ1v) is 10.5. The van der Waals surface area contributed by atoms with Gasteiger partial charge in [-0.25, -0.2) is 0 Å². The minimum absolute atomic E-state index is 0.260. The molecule has 0 unspecified atom stereocenters. The number of nitrogens with one attached hydrogen (secondary N) is 1. The zero-order chi connectivity index (χ0) is 21.8. The minimum atomic E-state index is -0.282. The van der Waals surface area contributed by atoms with E-state index in [1.807, 2.05) is 63.2 Å². The molecule has 30 heavy (non-hydrogen) atoms. The topological polar surface area (TPSA) is 58.6 Å². The largest absolute Gasteiger partial charge is 0.493 e. The van der Waals surface area contributed by atoms with Gasteiger partial charge in [-0.2, -0.15) is 0 Å². The quantitative estimate of drug-likeness (QED) is 0.631. The van der Waals surface area contributed by atoms with Gasteiger partial charge in [0.2, 0.25) is 0 Å². The summed E-state index contributed by atoms with van der Waals surface area (Å²) in [5.74, 6) is 0.635. The Morgan fingerprint density at radius 1 is 0.967 bits per heavy atom. The summed E-state index contributed by atoms with van der Waals surface area (Å²) >= 11 is 0. The number of amides is 2. The normalized spacial score (nSPS) is 14.1. The van der Waals surface area contributed by atoms with Crippen LogP contribution in [0, 0.1) is 19.8 Å². The Balaban J connectivity index is 1.97. The van der Waals surface area contributed by atoms with E-state index in [2.05, 4.69) is 19.2 Å². The first-order chi connectivity index (χ1) is 14.3. The van der Waals surface area contributed by atoms with Crippen LogP contribution in [0.1, 0.15) is 43.9 Å². The van der Waals surface area contributed by atoms with Crippen molar-refractivity contribution in [1.82, 2.24) is 4.90 Å². The molecule has 0 bridgehead atoms. The molecule has 1 heterocycles. The van der Waals surface area contributed by atoms with Crippen molar-refractivity contribution in [2.24, 2.45) is 5.92 Å². The third-order valence-electron chi connectivity index (χ3n) is 5.12. The number of rotatable bonds is 8. The summed E-state index contributed by atoms with van der Waals surface area (Å²) in [5, 5.41) is 3.22. The van der Waals surface area contributed by atoms with Crippen LogP contribution in [0.15, 0.2) is 48.2 Å². The molecule has 2 aromatic rings. The molecule has 0 saturated heterocycles. The van der Waals surface area contributed by atoms with E-state index in [0.717, 1.165) is 17.0 Å². The Bertz CT molecular complexity index is 974. The van der Waals surface area contributed by atoms with Crippen LogP contribution in [0.3, 0.4) is 0 Å². The molecule has 1 aliphatic heterocycles. The number of ether oxygens (including phenoxy) is 1. The van der Waals surface area contributed by atoms with Crippen LogP contribution in [0.2, 0.25) is 0 Å². The van der Waals surface area contributed by atoms with Crippen molar-refractivity contribution in [1.29, 1.82) is 0 Å². The van der Waals surface area contributed by atoms with E-state index >= 15 is 0 Å². The van der Waals surface area contributed by atoms with Crippen LogP contribution in [0.25, 0.3) is 5.57 Å². The molecule has 3 rings (SSSR count). The van der Waals surface area contributed by atoms with Crippen LogP contribution >= 0.6 is 0 Å². The highest BCUT2D eigenvalue weighted by Gasteiger charge is 2.38. The SMILES string of the molecule is CCCN1C(=O)C(Nc2ccc(C)c(C)c2)=C(c2ccc(OCC(C)C)cc2)C1=O. The van der Waals surface area contributed by atoms with Crippen molar-refractivity contribution < 1.29 is 14.3 Å². The lowest BCUT2D eigenvalue weighted by Crippen LogP contribution is -2.33. The Kier molecular flexibility index (Phi) is 6.60. The Hall–Kier alpha value is -3.08. The van der Waals surface area contributed by atoms with Crippen LogP contribution in [0.5, 0.6) is 5.75 Å². The highest BCUT2D eigenvalue weighted by molar-refractivity contribution is 6.36. The van der Waals surface area contributed by atoms with Crippen LogP contribution < -0.4 is 10.1 Å². The lowest BCUT2D eigenvalue weighted by atomic mass is 10.0. The number of nitrogens with zero attached hydrogens (tertiary/aromatic N) is 1. The average molecular weight is 407 g/mol. The third-order valence-corrected chi connectivity index (χ3v) is 5.12. The fourth-order valence-electron chi connectivity index (χ4n) is 3.33. The fraction of sp³-hybridized carbons (Fsp3) is 0.360. The van der Waals surface area contributed by atoms with Crippen molar-refractivity contribution in [3.05, 3.63) is 64.9 Å². The Morgan fingerprint density at radius 3 is 2.27 bits per heavy atom. The first-order valence-electron chi connectivity index (χ1n) is 10.5. The predicted octanol–water partition coefficient (Wildman–Crippen LogP) is 4.94. The second-order valence-corrected chi connectivity index (χ2v) is 8.17. The van der Waals surface area contributed by atoms with Gasteiger partial charge < -0.3 is 10.1 Å². The highest BCUT2D eigenvalue weighted by Crippen LogP contribution is 2.32. The van der Waals surface area contributed by atoms with Gasteiger partial charge in [0.05, 0.1) is 12.2 Å². The number of hydrogen-bond donors (Lipinski definition) is 1. The van der Waals surface area contributed by atoms with E-state index in [0.29, 0.717) is 42.3 Å². The molecule has 2 amide bonds. The first kappa shape index (κ1) is 21.6. The number of benzene rings is 2. The smallest absolute Gasteiger partial charge is 0.278 e. The van der Waals surface area contributed by atoms with Gasteiger partial charge >= 0.3 is 0 Å². The van der Waals surface area contributed by atoms with Gasteiger partial charge in [-0.05, 0) is 67.1 Å². The van der Waals surface area contributed by atoms with E-state index in [1.165, 1.54) is 10.5 Å². The molecule has 2 aromatic carbocycles. The predicted molar refractivity (Wildman–Crippen MR) is 120 cm³/mol. The molecule has 0 saturated carbocycles. The Morgan fingerprint density at radius 2 is 1.67 bits per heavy atom. The molecular formula is C25H30N2O3. The lowest BCUT2D eigenvalue weighted by molar-refractivity contribution is -0.136. The van der Waals surface area contributed by atoms with Crippen LogP contribution in [-0.2, 0) is 9.59 Å². The van der Waals surface area contributed by atoms with Crippen molar-refractivity contribution in [2.75, 3.05) is 18.5 Å². The molecule has 5 heteroatoms. The van der Waals surface area contributed by atoms with Gasteiger partial charge in [0.1, 0.15) is 11.4 Å². The molecule has 0 fully saturated rings. The number of carbonyl (C=O) groups excluding carboxylic acids is 2. The Labute approximate surface area is 178 Å². The van der Waals surface area contributed by atoms with E-state index in [-0.39, 0.29) is 11.8 Å². The van der Waals surface area contributed by atoms with Gasteiger partial charge in [0, 0.05) is 12.2 Å². The molecule has 0 radical (unpaired) electrons.